The molecule has 0 spiro atoms. The molecule has 0 amide bonds. The molecule has 0 aliphatic heterocycles. The van der Waals surface area contributed by atoms with Crippen LogP contribution in [0, 0.1) is 6.92 Å². The Kier molecular flexibility index (Phi) is 2.41. The van der Waals surface area contributed by atoms with Gasteiger partial charge in [-0.05, 0) is 18.6 Å². The molecule has 0 atom stereocenters. The van der Waals surface area contributed by atoms with Gasteiger partial charge in [-0.2, -0.15) is 0 Å². The van der Waals surface area contributed by atoms with Crippen LogP contribution in [0.1, 0.15) is 5.56 Å². The van der Waals surface area contributed by atoms with Gasteiger partial charge in [0.05, 0.1) is 5.00 Å². The smallest absolute Gasteiger partial charge is 0.128 e. The topological polar surface area (TPSA) is 32.3 Å². The molecule has 0 aliphatic carbocycles. The lowest BCUT2D eigenvalue weighted by Gasteiger charge is -2.05. The van der Waals surface area contributed by atoms with Crippen LogP contribution in [-0.4, -0.2) is 5.11 Å². The molecule has 0 radical (unpaired) electrons. The molecule has 72 valence electrons. The van der Waals surface area contributed by atoms with Crippen molar-refractivity contribution in [2.75, 3.05) is 5.32 Å². The summed E-state index contributed by atoms with van der Waals surface area (Å²) in [6, 6.07) is 9.79. The fourth-order valence-electron chi connectivity index (χ4n) is 1.24. The molecule has 2 N–H and O–H groups in total. The predicted molar refractivity (Wildman–Crippen MR) is 60.4 cm³/mol. The number of hydrogen-bond donors (Lipinski definition) is 2. The number of para-hydroxylation sites is 1. The zero-order valence-electron chi connectivity index (χ0n) is 7.82. The molecular formula is C11H11NOS. The average Bonchev–Trinajstić information content (AvgIpc) is 2.56. The highest BCUT2D eigenvalue weighted by atomic mass is 32.1. The van der Waals surface area contributed by atoms with Crippen molar-refractivity contribution in [3.63, 3.8) is 0 Å². The fourth-order valence-corrected chi connectivity index (χ4v) is 1.91. The summed E-state index contributed by atoms with van der Waals surface area (Å²) in [4.78, 5) is 0. The first-order chi connectivity index (χ1) is 6.75. The van der Waals surface area contributed by atoms with E-state index in [1.807, 2.05) is 18.2 Å². The highest BCUT2D eigenvalue weighted by Crippen LogP contribution is 2.29. The van der Waals surface area contributed by atoms with E-state index in [2.05, 4.69) is 18.3 Å². The summed E-state index contributed by atoms with van der Waals surface area (Å²) < 4.78 is 0. The Morgan fingerprint density at radius 2 is 2.07 bits per heavy atom. The van der Waals surface area contributed by atoms with Crippen molar-refractivity contribution in [3.8, 4) is 5.75 Å². The van der Waals surface area contributed by atoms with Gasteiger partial charge < -0.3 is 10.4 Å². The Labute approximate surface area is 86.8 Å². The molecule has 0 fully saturated rings. The molecule has 0 aliphatic rings. The first-order valence-electron chi connectivity index (χ1n) is 4.36. The van der Waals surface area contributed by atoms with Gasteiger partial charge >= 0.3 is 0 Å². The van der Waals surface area contributed by atoms with E-state index in [-0.39, 0.29) is 0 Å². The maximum absolute atomic E-state index is 9.17. The van der Waals surface area contributed by atoms with E-state index in [0.29, 0.717) is 5.75 Å². The molecule has 14 heavy (non-hydrogen) atoms. The van der Waals surface area contributed by atoms with Crippen molar-refractivity contribution in [1.29, 1.82) is 0 Å². The number of thiophene rings is 1. The monoisotopic (exact) mass is 205 g/mol. The number of nitrogens with one attached hydrogen (secondary N) is 1. The fraction of sp³-hybridized carbons (Fsp3) is 0.0909. The Balaban J connectivity index is 2.23. The number of benzene rings is 1. The van der Waals surface area contributed by atoms with Crippen molar-refractivity contribution >= 4 is 22.0 Å². The molecular weight excluding hydrogens is 194 g/mol. The third-order valence-corrected chi connectivity index (χ3v) is 2.82. The number of anilines is 2. The van der Waals surface area contributed by atoms with Crippen molar-refractivity contribution in [2.45, 2.75) is 6.92 Å². The van der Waals surface area contributed by atoms with Gasteiger partial charge in [-0.25, -0.2) is 0 Å². The van der Waals surface area contributed by atoms with E-state index in [1.165, 1.54) is 16.9 Å². The van der Waals surface area contributed by atoms with Gasteiger partial charge in [-0.15, -0.1) is 11.3 Å². The second kappa shape index (κ2) is 3.72. The highest BCUT2D eigenvalue weighted by Gasteiger charge is 2.00. The second-order valence-electron chi connectivity index (χ2n) is 3.11. The van der Waals surface area contributed by atoms with Gasteiger partial charge in [0.1, 0.15) is 5.75 Å². The van der Waals surface area contributed by atoms with E-state index >= 15 is 0 Å². The van der Waals surface area contributed by atoms with Crippen LogP contribution in [0.2, 0.25) is 0 Å². The summed E-state index contributed by atoms with van der Waals surface area (Å²) >= 11 is 1.49. The van der Waals surface area contributed by atoms with Crippen molar-refractivity contribution in [2.24, 2.45) is 0 Å². The SMILES string of the molecule is Cc1ccccc1Nc1cc(O)cs1. The molecule has 2 nitrogen and oxygen atoms in total. The van der Waals surface area contributed by atoms with E-state index in [9.17, 15) is 5.11 Å². The zero-order valence-corrected chi connectivity index (χ0v) is 8.64. The van der Waals surface area contributed by atoms with E-state index in [0.717, 1.165) is 10.7 Å². The van der Waals surface area contributed by atoms with E-state index < -0.39 is 0 Å². The summed E-state index contributed by atoms with van der Waals surface area (Å²) in [6.45, 7) is 2.05. The van der Waals surface area contributed by atoms with Crippen LogP contribution in [0.5, 0.6) is 5.75 Å². The standard InChI is InChI=1S/C11H11NOS/c1-8-4-2-3-5-10(8)12-11-6-9(13)7-14-11/h2-7,12-13H,1H3. The van der Waals surface area contributed by atoms with Crippen LogP contribution >= 0.6 is 11.3 Å². The van der Waals surface area contributed by atoms with Crippen molar-refractivity contribution in [3.05, 3.63) is 41.3 Å². The summed E-state index contributed by atoms with van der Waals surface area (Å²) in [5, 5.41) is 15.1. The summed E-state index contributed by atoms with van der Waals surface area (Å²) in [6.07, 6.45) is 0. The normalized spacial score (nSPS) is 10.1. The van der Waals surface area contributed by atoms with Crippen LogP contribution < -0.4 is 5.32 Å². The minimum Gasteiger partial charge on any atom is -0.507 e. The number of aryl methyl sites for hydroxylation is 1. The molecule has 2 rings (SSSR count). The van der Waals surface area contributed by atoms with Crippen LogP contribution in [0.15, 0.2) is 35.7 Å². The maximum atomic E-state index is 9.17. The minimum atomic E-state index is 0.311. The van der Waals surface area contributed by atoms with Gasteiger partial charge in [0.25, 0.3) is 0 Å². The molecule has 1 aromatic carbocycles. The number of hydrogen-bond acceptors (Lipinski definition) is 3. The van der Waals surface area contributed by atoms with E-state index in [4.69, 9.17) is 0 Å². The van der Waals surface area contributed by atoms with Gasteiger partial charge in [0, 0.05) is 17.1 Å². The Morgan fingerprint density at radius 1 is 1.29 bits per heavy atom. The Bertz CT molecular complexity index is 436. The summed E-state index contributed by atoms with van der Waals surface area (Å²) in [5.41, 5.74) is 2.27. The first-order valence-corrected chi connectivity index (χ1v) is 5.24. The zero-order chi connectivity index (χ0) is 9.97. The van der Waals surface area contributed by atoms with Crippen LogP contribution in [0.4, 0.5) is 10.7 Å². The van der Waals surface area contributed by atoms with Gasteiger partial charge in [-0.1, -0.05) is 18.2 Å². The molecule has 1 heterocycles. The summed E-state index contributed by atoms with van der Waals surface area (Å²) in [7, 11) is 0. The lowest BCUT2D eigenvalue weighted by molar-refractivity contribution is 0.478. The lowest BCUT2D eigenvalue weighted by atomic mass is 10.2. The Hall–Kier alpha value is -1.48. The van der Waals surface area contributed by atoms with Crippen LogP contribution in [0.3, 0.4) is 0 Å². The van der Waals surface area contributed by atoms with Gasteiger partial charge in [0.2, 0.25) is 0 Å². The third-order valence-electron chi connectivity index (χ3n) is 1.99. The molecule has 0 unspecified atom stereocenters. The largest absolute Gasteiger partial charge is 0.507 e. The molecule has 0 saturated carbocycles. The highest BCUT2D eigenvalue weighted by molar-refractivity contribution is 7.14. The average molecular weight is 205 g/mol. The molecule has 0 saturated heterocycles. The van der Waals surface area contributed by atoms with Crippen LogP contribution in [-0.2, 0) is 0 Å². The minimum absolute atomic E-state index is 0.311. The third kappa shape index (κ3) is 1.88. The quantitative estimate of drug-likeness (QED) is 0.786. The van der Waals surface area contributed by atoms with Crippen molar-refractivity contribution < 1.29 is 5.11 Å². The maximum Gasteiger partial charge on any atom is 0.128 e. The van der Waals surface area contributed by atoms with E-state index in [1.54, 1.807) is 11.4 Å². The van der Waals surface area contributed by atoms with Crippen molar-refractivity contribution in [1.82, 2.24) is 0 Å². The molecule has 2 aromatic rings. The first kappa shape index (κ1) is 9.09. The summed E-state index contributed by atoms with van der Waals surface area (Å²) in [5.74, 6) is 0.311. The lowest BCUT2D eigenvalue weighted by Crippen LogP contribution is -1.89. The second-order valence-corrected chi connectivity index (χ2v) is 4.02. The van der Waals surface area contributed by atoms with Crippen LogP contribution in [0.25, 0.3) is 0 Å². The van der Waals surface area contributed by atoms with Gasteiger partial charge in [0.15, 0.2) is 0 Å². The predicted octanol–water partition coefficient (Wildman–Crippen LogP) is 3.51. The molecule has 1 aromatic heterocycles. The number of rotatable bonds is 2. The number of aromatic hydroxyl groups is 1. The van der Waals surface area contributed by atoms with Gasteiger partial charge in [-0.3, -0.25) is 0 Å². The molecule has 0 bridgehead atoms. The molecule has 3 heteroatoms. The Morgan fingerprint density at radius 3 is 2.71 bits per heavy atom.